The maximum absolute atomic E-state index is 11.7. The van der Waals surface area contributed by atoms with Crippen molar-refractivity contribution in [2.45, 2.75) is 78.4 Å². The first-order valence-electron chi connectivity index (χ1n) is 8.35. The van der Waals surface area contributed by atoms with Crippen molar-refractivity contribution in [2.24, 2.45) is 17.1 Å². The summed E-state index contributed by atoms with van der Waals surface area (Å²) < 4.78 is 6.07. The second kappa shape index (κ2) is 7.59. The summed E-state index contributed by atoms with van der Waals surface area (Å²) in [7, 11) is 0. The molecule has 0 aliphatic heterocycles. The number of amides is 1. The van der Waals surface area contributed by atoms with E-state index in [0.29, 0.717) is 30.5 Å². The van der Waals surface area contributed by atoms with Crippen LogP contribution in [0.3, 0.4) is 0 Å². The van der Waals surface area contributed by atoms with Crippen LogP contribution in [0.5, 0.6) is 0 Å². The second-order valence-corrected chi connectivity index (χ2v) is 7.78. The molecule has 124 valence electrons. The SMILES string of the molecule is CCCNC(C)(CCOC1CC(C)CC(C)(C)C1)C(N)=O. The molecule has 0 aromatic rings. The third-order valence-corrected chi connectivity index (χ3v) is 4.61. The topological polar surface area (TPSA) is 64.3 Å². The van der Waals surface area contributed by atoms with Crippen molar-refractivity contribution in [3.8, 4) is 0 Å². The molecular weight excluding hydrogens is 264 g/mol. The number of ether oxygens (including phenoxy) is 1. The summed E-state index contributed by atoms with van der Waals surface area (Å²) in [5, 5.41) is 3.25. The quantitative estimate of drug-likeness (QED) is 0.724. The van der Waals surface area contributed by atoms with Gasteiger partial charge in [0.25, 0.3) is 0 Å². The molecule has 1 fully saturated rings. The molecule has 0 heterocycles. The molecule has 1 aliphatic rings. The van der Waals surface area contributed by atoms with Gasteiger partial charge in [0.15, 0.2) is 0 Å². The fourth-order valence-electron chi connectivity index (χ4n) is 3.51. The fourth-order valence-corrected chi connectivity index (χ4v) is 3.51. The number of primary amides is 1. The molecule has 0 aromatic carbocycles. The molecule has 0 bridgehead atoms. The zero-order valence-corrected chi connectivity index (χ0v) is 14.5. The maximum atomic E-state index is 11.7. The molecule has 0 saturated heterocycles. The summed E-state index contributed by atoms with van der Waals surface area (Å²) in [6.45, 7) is 12.3. The highest BCUT2D eigenvalue weighted by molar-refractivity contribution is 5.84. The number of hydrogen-bond donors (Lipinski definition) is 2. The van der Waals surface area contributed by atoms with Gasteiger partial charge in [-0.1, -0.05) is 27.7 Å². The zero-order valence-electron chi connectivity index (χ0n) is 14.5. The summed E-state index contributed by atoms with van der Waals surface area (Å²) in [4.78, 5) is 11.7. The summed E-state index contributed by atoms with van der Waals surface area (Å²) in [5.74, 6) is 0.413. The number of carbonyl (C=O) groups excluding carboxylic acids is 1. The van der Waals surface area contributed by atoms with Gasteiger partial charge in [0.2, 0.25) is 5.91 Å². The van der Waals surface area contributed by atoms with E-state index in [9.17, 15) is 4.79 Å². The monoisotopic (exact) mass is 298 g/mol. The van der Waals surface area contributed by atoms with Crippen molar-refractivity contribution in [1.29, 1.82) is 0 Å². The largest absolute Gasteiger partial charge is 0.378 e. The van der Waals surface area contributed by atoms with Gasteiger partial charge < -0.3 is 15.8 Å². The van der Waals surface area contributed by atoms with Gasteiger partial charge in [0.1, 0.15) is 0 Å². The van der Waals surface area contributed by atoms with Crippen LogP contribution in [0.4, 0.5) is 0 Å². The Bertz CT molecular complexity index is 344. The highest BCUT2D eigenvalue weighted by Gasteiger charge is 2.34. The Morgan fingerprint density at radius 2 is 2.10 bits per heavy atom. The van der Waals surface area contributed by atoms with Crippen molar-refractivity contribution in [1.82, 2.24) is 5.32 Å². The van der Waals surface area contributed by atoms with Crippen molar-refractivity contribution < 1.29 is 9.53 Å². The third kappa shape index (κ3) is 5.95. The van der Waals surface area contributed by atoms with E-state index in [0.717, 1.165) is 25.8 Å². The lowest BCUT2D eigenvalue weighted by atomic mass is 9.71. The smallest absolute Gasteiger partial charge is 0.237 e. The predicted molar refractivity (Wildman–Crippen MR) is 87.0 cm³/mol. The van der Waals surface area contributed by atoms with Gasteiger partial charge in [-0.05, 0) is 56.9 Å². The number of hydrogen-bond acceptors (Lipinski definition) is 3. The van der Waals surface area contributed by atoms with Crippen LogP contribution < -0.4 is 11.1 Å². The summed E-state index contributed by atoms with van der Waals surface area (Å²) in [5.41, 5.74) is 5.24. The van der Waals surface area contributed by atoms with E-state index < -0.39 is 5.54 Å². The van der Waals surface area contributed by atoms with Crippen LogP contribution in [0.15, 0.2) is 0 Å². The Morgan fingerprint density at radius 1 is 1.43 bits per heavy atom. The van der Waals surface area contributed by atoms with Crippen LogP contribution in [0.25, 0.3) is 0 Å². The van der Waals surface area contributed by atoms with Gasteiger partial charge in [-0.3, -0.25) is 4.79 Å². The first-order valence-corrected chi connectivity index (χ1v) is 8.35. The van der Waals surface area contributed by atoms with E-state index in [1.807, 2.05) is 6.92 Å². The number of rotatable bonds is 8. The van der Waals surface area contributed by atoms with Gasteiger partial charge in [-0.2, -0.15) is 0 Å². The van der Waals surface area contributed by atoms with Crippen LogP contribution in [0.1, 0.15) is 66.7 Å². The zero-order chi connectivity index (χ0) is 16.1. The van der Waals surface area contributed by atoms with Crippen LogP contribution in [-0.2, 0) is 9.53 Å². The molecule has 4 nitrogen and oxygen atoms in total. The lowest BCUT2D eigenvalue weighted by Crippen LogP contribution is -2.54. The van der Waals surface area contributed by atoms with Gasteiger partial charge in [0.05, 0.1) is 11.6 Å². The summed E-state index contributed by atoms with van der Waals surface area (Å²) in [6.07, 6.45) is 5.42. The van der Waals surface area contributed by atoms with Gasteiger partial charge in [-0.15, -0.1) is 0 Å². The molecule has 1 amide bonds. The van der Waals surface area contributed by atoms with Crippen LogP contribution in [0, 0.1) is 11.3 Å². The third-order valence-electron chi connectivity index (χ3n) is 4.61. The minimum Gasteiger partial charge on any atom is -0.378 e. The first kappa shape index (κ1) is 18.4. The average molecular weight is 298 g/mol. The average Bonchev–Trinajstić information content (AvgIpc) is 2.33. The fraction of sp³-hybridized carbons (Fsp3) is 0.941. The molecule has 1 saturated carbocycles. The first-order chi connectivity index (χ1) is 9.68. The lowest BCUT2D eigenvalue weighted by molar-refractivity contribution is -0.125. The summed E-state index contributed by atoms with van der Waals surface area (Å²) >= 11 is 0. The molecule has 0 aromatic heterocycles. The number of nitrogens with two attached hydrogens (primary N) is 1. The molecule has 3 N–H and O–H groups in total. The van der Waals surface area contributed by atoms with Crippen molar-refractivity contribution in [3.05, 3.63) is 0 Å². The van der Waals surface area contributed by atoms with E-state index >= 15 is 0 Å². The van der Waals surface area contributed by atoms with E-state index in [1.165, 1.54) is 6.42 Å². The normalized spacial score (nSPS) is 28.0. The van der Waals surface area contributed by atoms with Crippen LogP contribution >= 0.6 is 0 Å². The molecule has 1 aliphatic carbocycles. The van der Waals surface area contributed by atoms with Crippen LogP contribution in [0.2, 0.25) is 0 Å². The molecular formula is C17H34N2O2. The Morgan fingerprint density at radius 3 is 2.62 bits per heavy atom. The van der Waals surface area contributed by atoms with E-state index in [1.54, 1.807) is 0 Å². The van der Waals surface area contributed by atoms with Crippen molar-refractivity contribution >= 4 is 5.91 Å². The number of nitrogens with one attached hydrogen (secondary N) is 1. The molecule has 3 atom stereocenters. The highest BCUT2D eigenvalue weighted by Crippen LogP contribution is 2.39. The highest BCUT2D eigenvalue weighted by atomic mass is 16.5. The molecule has 1 rings (SSSR count). The predicted octanol–water partition coefficient (Wildman–Crippen LogP) is 2.85. The van der Waals surface area contributed by atoms with E-state index in [-0.39, 0.29) is 5.91 Å². The van der Waals surface area contributed by atoms with E-state index in [4.69, 9.17) is 10.5 Å². The van der Waals surface area contributed by atoms with Gasteiger partial charge in [0, 0.05) is 6.61 Å². The standard InChI is InChI=1S/C17H34N2O2/c1-6-8-19-17(5,15(18)20)7-9-21-14-10-13(2)11-16(3,4)12-14/h13-14,19H,6-12H2,1-5H3,(H2,18,20). The van der Waals surface area contributed by atoms with Crippen molar-refractivity contribution in [3.63, 3.8) is 0 Å². The lowest BCUT2D eigenvalue weighted by Gasteiger charge is -2.39. The summed E-state index contributed by atoms with van der Waals surface area (Å²) in [6, 6.07) is 0. The number of carbonyl (C=O) groups is 1. The van der Waals surface area contributed by atoms with E-state index in [2.05, 4.69) is 33.0 Å². The minimum atomic E-state index is -0.661. The second-order valence-electron chi connectivity index (χ2n) is 7.78. The molecule has 21 heavy (non-hydrogen) atoms. The molecule has 4 heteroatoms. The maximum Gasteiger partial charge on any atom is 0.237 e. The molecule has 3 unspecified atom stereocenters. The van der Waals surface area contributed by atoms with Crippen LogP contribution in [-0.4, -0.2) is 30.7 Å². The van der Waals surface area contributed by atoms with Gasteiger partial charge in [-0.25, -0.2) is 0 Å². The Kier molecular flexibility index (Phi) is 6.67. The van der Waals surface area contributed by atoms with Crippen molar-refractivity contribution in [2.75, 3.05) is 13.2 Å². The molecule has 0 spiro atoms. The Labute approximate surface area is 130 Å². The molecule has 0 radical (unpaired) electrons. The Balaban J connectivity index is 2.45. The van der Waals surface area contributed by atoms with Gasteiger partial charge >= 0.3 is 0 Å². The Hall–Kier alpha value is -0.610. The minimum absolute atomic E-state index is 0.295.